The maximum atomic E-state index is 5.58. The minimum atomic E-state index is 0.487. The van der Waals surface area contributed by atoms with Gasteiger partial charge in [-0.1, -0.05) is 0 Å². The summed E-state index contributed by atoms with van der Waals surface area (Å²) in [7, 11) is 0. The molecule has 0 aliphatic carbocycles. The Kier molecular flexibility index (Phi) is 7.91. The summed E-state index contributed by atoms with van der Waals surface area (Å²) in [6.07, 6.45) is 0. The van der Waals surface area contributed by atoms with Gasteiger partial charge in [0.2, 0.25) is 0 Å². The zero-order chi connectivity index (χ0) is 13.2. The van der Waals surface area contributed by atoms with E-state index in [1.54, 1.807) is 11.3 Å². The van der Waals surface area contributed by atoms with E-state index in [9.17, 15) is 0 Å². The van der Waals surface area contributed by atoms with Crippen LogP contribution in [-0.2, 0) is 16.0 Å². The third kappa shape index (κ3) is 5.30. The average molecular weight is 273 g/mol. The first-order valence-electron chi connectivity index (χ1n) is 6.36. The lowest BCUT2D eigenvalue weighted by Gasteiger charge is -2.21. The fourth-order valence-electron chi connectivity index (χ4n) is 1.48. The highest BCUT2D eigenvalue weighted by atomic mass is 32.1. The highest BCUT2D eigenvalue weighted by molar-refractivity contribution is 7.13. The van der Waals surface area contributed by atoms with Crippen LogP contribution in [0.2, 0.25) is 0 Å². The molecule has 1 rings (SSSR count). The van der Waals surface area contributed by atoms with Gasteiger partial charge in [0.1, 0.15) is 0 Å². The van der Waals surface area contributed by atoms with Crippen molar-refractivity contribution in [2.24, 2.45) is 5.73 Å². The molecule has 1 aromatic heterocycles. The SMILES string of the molecule is CCOCCN(CCOCC)c1nc(CN)cs1. The first kappa shape index (κ1) is 15.4. The van der Waals surface area contributed by atoms with Gasteiger partial charge in [0.05, 0.1) is 18.9 Å². The van der Waals surface area contributed by atoms with Crippen LogP contribution >= 0.6 is 11.3 Å². The highest BCUT2D eigenvalue weighted by Crippen LogP contribution is 2.19. The lowest BCUT2D eigenvalue weighted by molar-refractivity contribution is 0.141. The predicted octanol–water partition coefficient (Wildman–Crippen LogP) is 1.48. The summed E-state index contributed by atoms with van der Waals surface area (Å²) in [5.74, 6) is 0. The van der Waals surface area contributed by atoms with E-state index in [0.29, 0.717) is 19.8 Å². The predicted molar refractivity (Wildman–Crippen MR) is 75.2 cm³/mol. The van der Waals surface area contributed by atoms with Crippen molar-refractivity contribution in [3.8, 4) is 0 Å². The number of hydrogen-bond donors (Lipinski definition) is 1. The smallest absolute Gasteiger partial charge is 0.185 e. The van der Waals surface area contributed by atoms with E-state index in [1.807, 2.05) is 19.2 Å². The van der Waals surface area contributed by atoms with E-state index >= 15 is 0 Å². The Morgan fingerprint density at radius 3 is 2.28 bits per heavy atom. The number of rotatable bonds is 10. The topological polar surface area (TPSA) is 60.6 Å². The maximum absolute atomic E-state index is 5.58. The molecule has 0 fully saturated rings. The third-order valence-electron chi connectivity index (χ3n) is 2.44. The zero-order valence-corrected chi connectivity index (χ0v) is 12.0. The second-order valence-electron chi connectivity index (χ2n) is 3.71. The Hall–Kier alpha value is -0.690. The van der Waals surface area contributed by atoms with Crippen molar-refractivity contribution >= 4 is 16.5 Å². The first-order chi connectivity index (χ1) is 8.81. The van der Waals surface area contributed by atoms with Crippen molar-refractivity contribution in [1.29, 1.82) is 0 Å². The Morgan fingerprint density at radius 2 is 1.83 bits per heavy atom. The Morgan fingerprint density at radius 1 is 1.22 bits per heavy atom. The molecule has 0 aliphatic rings. The van der Waals surface area contributed by atoms with Gasteiger partial charge in [0.25, 0.3) is 0 Å². The van der Waals surface area contributed by atoms with Crippen LogP contribution in [0.1, 0.15) is 19.5 Å². The van der Waals surface area contributed by atoms with E-state index in [-0.39, 0.29) is 0 Å². The summed E-state index contributed by atoms with van der Waals surface area (Å²) in [5.41, 5.74) is 6.52. The number of ether oxygens (including phenoxy) is 2. The van der Waals surface area contributed by atoms with Crippen molar-refractivity contribution in [3.05, 3.63) is 11.1 Å². The lowest BCUT2D eigenvalue weighted by Crippen LogP contribution is -2.31. The molecule has 0 aliphatic heterocycles. The number of thiazole rings is 1. The summed E-state index contributed by atoms with van der Waals surface area (Å²) >= 11 is 1.62. The zero-order valence-electron chi connectivity index (χ0n) is 11.2. The summed E-state index contributed by atoms with van der Waals surface area (Å²) in [4.78, 5) is 6.68. The van der Waals surface area contributed by atoms with E-state index in [1.165, 1.54) is 0 Å². The summed E-state index contributed by atoms with van der Waals surface area (Å²) < 4.78 is 10.8. The molecular formula is C12H23N3O2S. The summed E-state index contributed by atoms with van der Waals surface area (Å²) in [5, 5.41) is 3.00. The van der Waals surface area contributed by atoms with Gasteiger partial charge in [0.15, 0.2) is 5.13 Å². The van der Waals surface area contributed by atoms with Gasteiger partial charge in [-0.15, -0.1) is 11.3 Å². The minimum Gasteiger partial charge on any atom is -0.380 e. The van der Waals surface area contributed by atoms with E-state index in [2.05, 4.69) is 9.88 Å². The fraction of sp³-hybridized carbons (Fsp3) is 0.750. The third-order valence-corrected chi connectivity index (χ3v) is 3.39. The van der Waals surface area contributed by atoms with Gasteiger partial charge >= 0.3 is 0 Å². The largest absolute Gasteiger partial charge is 0.380 e. The van der Waals surface area contributed by atoms with Crippen LogP contribution < -0.4 is 10.6 Å². The molecule has 5 nitrogen and oxygen atoms in total. The molecule has 0 saturated heterocycles. The molecule has 1 aromatic rings. The van der Waals surface area contributed by atoms with Gasteiger partial charge in [0, 0.05) is 38.2 Å². The normalized spacial score (nSPS) is 10.8. The molecule has 0 spiro atoms. The van der Waals surface area contributed by atoms with Crippen LogP contribution in [0, 0.1) is 0 Å². The van der Waals surface area contributed by atoms with E-state index in [4.69, 9.17) is 15.2 Å². The number of hydrogen-bond acceptors (Lipinski definition) is 6. The number of nitrogens with zero attached hydrogens (tertiary/aromatic N) is 2. The molecule has 1 heterocycles. The van der Waals surface area contributed by atoms with Gasteiger partial charge < -0.3 is 20.1 Å². The van der Waals surface area contributed by atoms with Gasteiger partial charge in [-0.3, -0.25) is 0 Å². The molecule has 0 amide bonds. The molecule has 0 radical (unpaired) electrons. The van der Waals surface area contributed by atoms with E-state index < -0.39 is 0 Å². The second-order valence-corrected chi connectivity index (χ2v) is 4.54. The van der Waals surface area contributed by atoms with Crippen LogP contribution in [0.5, 0.6) is 0 Å². The van der Waals surface area contributed by atoms with Crippen molar-refractivity contribution in [2.75, 3.05) is 44.4 Å². The molecule has 104 valence electrons. The summed E-state index contributed by atoms with van der Waals surface area (Å²) in [6.45, 7) is 9.05. The van der Waals surface area contributed by atoms with Crippen LogP contribution in [0.25, 0.3) is 0 Å². The summed E-state index contributed by atoms with van der Waals surface area (Å²) in [6, 6.07) is 0. The van der Waals surface area contributed by atoms with Crippen molar-refractivity contribution in [1.82, 2.24) is 4.98 Å². The minimum absolute atomic E-state index is 0.487. The monoisotopic (exact) mass is 273 g/mol. The van der Waals surface area contributed by atoms with E-state index in [0.717, 1.165) is 37.1 Å². The number of nitrogens with two attached hydrogens (primary N) is 1. The second kappa shape index (κ2) is 9.27. The van der Waals surface area contributed by atoms with Crippen molar-refractivity contribution in [3.63, 3.8) is 0 Å². The fourth-order valence-corrected chi connectivity index (χ4v) is 2.37. The molecule has 18 heavy (non-hydrogen) atoms. The Bertz CT molecular complexity index is 310. The lowest BCUT2D eigenvalue weighted by atomic mass is 10.5. The van der Waals surface area contributed by atoms with Gasteiger partial charge in [-0.05, 0) is 13.8 Å². The standard InChI is InChI=1S/C12H23N3O2S/c1-3-16-7-5-15(6-8-17-4-2)12-14-11(9-13)10-18-12/h10H,3-9,13H2,1-2H3. The van der Waals surface area contributed by atoms with Crippen molar-refractivity contribution < 1.29 is 9.47 Å². The number of anilines is 1. The molecule has 0 saturated carbocycles. The Balaban J connectivity index is 2.51. The average Bonchev–Trinajstić information content (AvgIpc) is 2.86. The first-order valence-corrected chi connectivity index (χ1v) is 7.24. The van der Waals surface area contributed by atoms with Crippen LogP contribution in [0.15, 0.2) is 5.38 Å². The highest BCUT2D eigenvalue weighted by Gasteiger charge is 2.10. The van der Waals surface area contributed by atoms with Crippen LogP contribution in [0.3, 0.4) is 0 Å². The van der Waals surface area contributed by atoms with Crippen molar-refractivity contribution in [2.45, 2.75) is 20.4 Å². The molecule has 0 bridgehead atoms. The van der Waals surface area contributed by atoms with Crippen LogP contribution in [0.4, 0.5) is 5.13 Å². The van der Waals surface area contributed by atoms with Gasteiger partial charge in [-0.25, -0.2) is 4.98 Å². The Labute approximate surface area is 113 Å². The number of aromatic nitrogens is 1. The molecule has 0 unspecified atom stereocenters. The molecule has 0 atom stereocenters. The quantitative estimate of drug-likeness (QED) is 0.654. The maximum Gasteiger partial charge on any atom is 0.185 e. The van der Waals surface area contributed by atoms with Gasteiger partial charge in [-0.2, -0.15) is 0 Å². The molecular weight excluding hydrogens is 250 g/mol. The molecule has 2 N–H and O–H groups in total. The van der Waals surface area contributed by atoms with Crippen LogP contribution in [-0.4, -0.2) is 44.5 Å². The molecule has 0 aromatic carbocycles. The molecule has 6 heteroatoms.